The Morgan fingerprint density at radius 1 is 1.17 bits per heavy atom. The molecule has 1 fully saturated rings. The highest BCUT2D eigenvalue weighted by Crippen LogP contribution is 2.42. The van der Waals surface area contributed by atoms with E-state index in [-0.39, 0.29) is 29.9 Å². The molecule has 0 unspecified atom stereocenters. The SMILES string of the molecule is CC(=O)O[C@@H]1CC(=O)[C@@H]2C[C@H]1C(C(C)=O)=C(C)N2c1ccccc1. The van der Waals surface area contributed by atoms with Crippen molar-refractivity contribution in [2.24, 2.45) is 5.92 Å². The van der Waals surface area contributed by atoms with Gasteiger partial charge in [0.1, 0.15) is 6.10 Å². The molecule has 0 N–H and O–H groups in total. The van der Waals surface area contributed by atoms with Crippen molar-refractivity contribution in [1.29, 1.82) is 0 Å². The summed E-state index contributed by atoms with van der Waals surface area (Å²) < 4.78 is 5.35. The number of nitrogens with zero attached hydrogens (tertiary/aromatic N) is 1. The number of fused-ring (bicyclic) bond motifs is 2. The maximum absolute atomic E-state index is 12.7. The molecule has 3 rings (SSSR count). The molecule has 0 saturated heterocycles. The molecule has 1 aromatic rings. The second-order valence-electron chi connectivity index (χ2n) is 6.44. The summed E-state index contributed by atoms with van der Waals surface area (Å²) >= 11 is 0. The number of rotatable bonds is 3. The van der Waals surface area contributed by atoms with Gasteiger partial charge in [0.25, 0.3) is 0 Å². The summed E-state index contributed by atoms with van der Waals surface area (Å²) in [6, 6.07) is 9.31. The third-order valence-electron chi connectivity index (χ3n) is 4.86. The van der Waals surface area contributed by atoms with Crippen molar-refractivity contribution in [3.05, 3.63) is 41.6 Å². The summed E-state index contributed by atoms with van der Waals surface area (Å²) in [5.74, 6) is -0.627. The van der Waals surface area contributed by atoms with Gasteiger partial charge >= 0.3 is 5.97 Å². The van der Waals surface area contributed by atoms with E-state index in [1.165, 1.54) is 13.8 Å². The largest absolute Gasteiger partial charge is 0.461 e. The van der Waals surface area contributed by atoms with Gasteiger partial charge in [0.2, 0.25) is 0 Å². The van der Waals surface area contributed by atoms with Gasteiger partial charge in [-0.1, -0.05) is 18.2 Å². The first kappa shape index (κ1) is 16.4. The highest BCUT2D eigenvalue weighted by molar-refractivity contribution is 5.99. The number of anilines is 1. The Kier molecular flexibility index (Phi) is 4.26. The van der Waals surface area contributed by atoms with Gasteiger partial charge in [0.15, 0.2) is 11.6 Å². The molecule has 126 valence electrons. The van der Waals surface area contributed by atoms with E-state index in [0.717, 1.165) is 11.4 Å². The molecule has 1 saturated carbocycles. The average Bonchev–Trinajstić information content (AvgIpc) is 2.52. The Balaban J connectivity index is 2.10. The molecule has 1 aromatic carbocycles. The van der Waals surface area contributed by atoms with Crippen molar-refractivity contribution < 1.29 is 19.1 Å². The van der Waals surface area contributed by atoms with E-state index in [2.05, 4.69) is 0 Å². The van der Waals surface area contributed by atoms with Crippen molar-refractivity contribution in [3.63, 3.8) is 0 Å². The van der Waals surface area contributed by atoms with E-state index in [4.69, 9.17) is 4.74 Å². The van der Waals surface area contributed by atoms with Gasteiger partial charge in [-0.05, 0) is 32.4 Å². The summed E-state index contributed by atoms with van der Waals surface area (Å²) in [4.78, 5) is 38.3. The van der Waals surface area contributed by atoms with Crippen LogP contribution in [0.3, 0.4) is 0 Å². The lowest BCUT2D eigenvalue weighted by Gasteiger charge is -2.47. The number of hydrogen-bond acceptors (Lipinski definition) is 5. The quantitative estimate of drug-likeness (QED) is 0.799. The van der Waals surface area contributed by atoms with Crippen LogP contribution in [0.2, 0.25) is 0 Å². The predicted octanol–water partition coefficient (Wildman–Crippen LogP) is 2.65. The molecular weight excluding hydrogens is 306 g/mol. The number of ether oxygens (including phenoxy) is 1. The zero-order chi connectivity index (χ0) is 17.4. The Morgan fingerprint density at radius 2 is 1.83 bits per heavy atom. The Labute approximate surface area is 141 Å². The molecule has 0 amide bonds. The van der Waals surface area contributed by atoms with Crippen LogP contribution >= 0.6 is 0 Å². The molecule has 1 aliphatic carbocycles. The number of allylic oxidation sites excluding steroid dienone is 1. The topological polar surface area (TPSA) is 63.7 Å². The fourth-order valence-corrected chi connectivity index (χ4v) is 4.00. The van der Waals surface area contributed by atoms with Crippen molar-refractivity contribution in [1.82, 2.24) is 0 Å². The van der Waals surface area contributed by atoms with Crippen LogP contribution in [0, 0.1) is 5.92 Å². The Bertz CT molecular complexity index is 722. The molecule has 24 heavy (non-hydrogen) atoms. The molecule has 1 aliphatic heterocycles. The monoisotopic (exact) mass is 327 g/mol. The minimum Gasteiger partial charge on any atom is -0.461 e. The molecular formula is C19H21NO4. The van der Waals surface area contributed by atoms with Crippen LogP contribution in [-0.4, -0.2) is 29.7 Å². The lowest BCUT2D eigenvalue weighted by Crippen LogP contribution is -2.54. The van der Waals surface area contributed by atoms with E-state index in [1.807, 2.05) is 42.2 Å². The molecule has 3 atom stereocenters. The normalized spacial score (nSPS) is 26.4. The molecule has 5 heteroatoms. The minimum absolute atomic E-state index is 0.0385. The van der Waals surface area contributed by atoms with Gasteiger partial charge in [-0.25, -0.2) is 0 Å². The first-order valence-electron chi connectivity index (χ1n) is 8.16. The maximum atomic E-state index is 12.7. The summed E-state index contributed by atoms with van der Waals surface area (Å²) in [6.07, 6.45) is 0.110. The van der Waals surface area contributed by atoms with Gasteiger partial charge in [0, 0.05) is 36.2 Å². The number of ketones is 2. The van der Waals surface area contributed by atoms with Gasteiger partial charge in [-0.2, -0.15) is 0 Å². The number of benzene rings is 1. The van der Waals surface area contributed by atoms with Crippen LogP contribution in [0.1, 0.15) is 33.6 Å². The van der Waals surface area contributed by atoms with Crippen LogP contribution in [-0.2, 0) is 19.1 Å². The van der Waals surface area contributed by atoms with Crippen LogP contribution in [0.15, 0.2) is 41.6 Å². The third-order valence-corrected chi connectivity index (χ3v) is 4.86. The average molecular weight is 327 g/mol. The minimum atomic E-state index is -0.543. The Hall–Kier alpha value is -2.43. The van der Waals surface area contributed by atoms with Crippen LogP contribution in [0.25, 0.3) is 0 Å². The molecule has 0 aromatic heterocycles. The molecule has 1 heterocycles. The van der Waals surface area contributed by atoms with Gasteiger partial charge < -0.3 is 9.64 Å². The lowest BCUT2D eigenvalue weighted by atomic mass is 9.72. The van der Waals surface area contributed by atoms with Crippen LogP contribution in [0.5, 0.6) is 0 Å². The third kappa shape index (κ3) is 2.75. The second-order valence-corrected chi connectivity index (χ2v) is 6.44. The summed E-state index contributed by atoms with van der Waals surface area (Å²) in [7, 11) is 0. The van der Waals surface area contributed by atoms with E-state index in [0.29, 0.717) is 12.0 Å². The van der Waals surface area contributed by atoms with Crippen molar-refractivity contribution in [2.75, 3.05) is 4.90 Å². The number of Topliss-reactive ketones (excluding diaryl/α,β-unsaturated/α-hetero) is 2. The predicted molar refractivity (Wildman–Crippen MR) is 89.4 cm³/mol. The molecule has 2 aliphatic rings. The van der Waals surface area contributed by atoms with Crippen LogP contribution in [0.4, 0.5) is 5.69 Å². The van der Waals surface area contributed by atoms with Gasteiger partial charge in [0.05, 0.1) is 6.04 Å². The van der Waals surface area contributed by atoms with Crippen LogP contribution < -0.4 is 4.90 Å². The summed E-state index contributed by atoms with van der Waals surface area (Å²) in [6.45, 7) is 4.73. The molecule has 0 spiro atoms. The standard InChI is InChI=1S/C19H21NO4/c1-11-19(12(2)21)15-9-16(17(23)10-18(15)24-13(3)22)20(11)14-7-5-4-6-8-14/h4-8,15-16,18H,9-10H2,1-3H3/t15-,16+,18-/m1/s1. The number of carbonyl (C=O) groups is 3. The first-order chi connectivity index (χ1) is 11.4. The van der Waals surface area contributed by atoms with E-state index in [1.54, 1.807) is 0 Å². The van der Waals surface area contributed by atoms with Gasteiger partial charge in [-0.3, -0.25) is 14.4 Å². The molecule has 5 nitrogen and oxygen atoms in total. The van der Waals surface area contributed by atoms with Crippen molar-refractivity contribution in [3.8, 4) is 0 Å². The fourth-order valence-electron chi connectivity index (χ4n) is 4.00. The summed E-state index contributed by atoms with van der Waals surface area (Å²) in [5, 5.41) is 0. The summed E-state index contributed by atoms with van der Waals surface area (Å²) in [5.41, 5.74) is 2.34. The fraction of sp³-hybridized carbons (Fsp3) is 0.421. The van der Waals surface area contributed by atoms with Gasteiger partial charge in [-0.15, -0.1) is 0 Å². The maximum Gasteiger partial charge on any atom is 0.302 e. The number of para-hydroxylation sites is 1. The zero-order valence-electron chi connectivity index (χ0n) is 14.1. The van der Waals surface area contributed by atoms with E-state index < -0.39 is 12.1 Å². The number of esters is 1. The Morgan fingerprint density at radius 3 is 2.42 bits per heavy atom. The molecule has 0 radical (unpaired) electrons. The highest BCUT2D eigenvalue weighted by Gasteiger charge is 2.47. The van der Waals surface area contributed by atoms with E-state index >= 15 is 0 Å². The van der Waals surface area contributed by atoms with Crippen molar-refractivity contribution in [2.45, 2.75) is 45.8 Å². The smallest absolute Gasteiger partial charge is 0.302 e. The molecule has 2 bridgehead atoms. The zero-order valence-corrected chi connectivity index (χ0v) is 14.1. The second kappa shape index (κ2) is 6.23. The number of carbonyl (C=O) groups excluding carboxylic acids is 3. The lowest BCUT2D eigenvalue weighted by molar-refractivity contribution is -0.152. The first-order valence-corrected chi connectivity index (χ1v) is 8.16. The van der Waals surface area contributed by atoms with E-state index in [9.17, 15) is 14.4 Å². The number of hydrogen-bond donors (Lipinski definition) is 0. The highest BCUT2D eigenvalue weighted by atomic mass is 16.5. The van der Waals surface area contributed by atoms with Crippen molar-refractivity contribution >= 4 is 23.2 Å².